The van der Waals surface area contributed by atoms with Crippen molar-refractivity contribution in [2.75, 3.05) is 31.7 Å². The highest BCUT2D eigenvalue weighted by Gasteiger charge is 2.16. The number of anilines is 1. The summed E-state index contributed by atoms with van der Waals surface area (Å²) in [6.07, 6.45) is 3.58. The van der Waals surface area contributed by atoms with Crippen molar-refractivity contribution in [1.29, 1.82) is 0 Å². The summed E-state index contributed by atoms with van der Waals surface area (Å²) in [7, 11) is 2.02. The van der Waals surface area contributed by atoms with Crippen molar-refractivity contribution < 1.29 is 14.3 Å². The van der Waals surface area contributed by atoms with Crippen molar-refractivity contribution in [3.05, 3.63) is 66.9 Å². The van der Waals surface area contributed by atoms with Crippen molar-refractivity contribution >= 4 is 11.8 Å². The number of rotatable bonds is 10. The molecule has 1 heterocycles. The smallest absolute Gasteiger partial charge is 0.332 e. The van der Waals surface area contributed by atoms with Gasteiger partial charge in [-0.25, -0.2) is 9.78 Å². The van der Waals surface area contributed by atoms with E-state index in [0.29, 0.717) is 6.61 Å². The highest BCUT2D eigenvalue weighted by atomic mass is 16.6. The van der Waals surface area contributed by atoms with E-state index in [9.17, 15) is 4.79 Å². The number of benzene rings is 2. The summed E-state index contributed by atoms with van der Waals surface area (Å²) in [5.74, 6) is 0.491. The Morgan fingerprint density at radius 2 is 1.52 bits per heavy atom. The molecule has 0 spiro atoms. The Bertz CT molecular complexity index is 1020. The summed E-state index contributed by atoms with van der Waals surface area (Å²) in [6.45, 7) is 6.85. The van der Waals surface area contributed by atoms with Gasteiger partial charge < -0.3 is 14.4 Å². The van der Waals surface area contributed by atoms with Gasteiger partial charge >= 0.3 is 5.97 Å². The van der Waals surface area contributed by atoms with Crippen LogP contribution in [0.1, 0.15) is 33.6 Å². The zero-order valence-corrected chi connectivity index (χ0v) is 20.0. The highest BCUT2D eigenvalue weighted by molar-refractivity contribution is 5.78. The number of nitrogens with zero attached hydrogens (tertiary/aromatic N) is 3. The van der Waals surface area contributed by atoms with Gasteiger partial charge in [0, 0.05) is 31.3 Å². The zero-order chi connectivity index (χ0) is 23.7. The Balaban J connectivity index is 1.59. The minimum Gasteiger partial charge on any atom is -0.458 e. The van der Waals surface area contributed by atoms with Gasteiger partial charge in [-0.1, -0.05) is 60.7 Å². The molecule has 0 bridgehead atoms. The van der Waals surface area contributed by atoms with Crippen LogP contribution < -0.4 is 4.90 Å². The first-order valence-electron chi connectivity index (χ1n) is 11.3. The van der Waals surface area contributed by atoms with E-state index in [1.807, 2.05) is 70.4 Å². The average molecular weight is 448 g/mol. The predicted octanol–water partition coefficient (Wildman–Crippen LogP) is 5.39. The Morgan fingerprint density at radius 1 is 0.909 bits per heavy atom. The van der Waals surface area contributed by atoms with Gasteiger partial charge in [0.15, 0.2) is 0 Å². The predicted molar refractivity (Wildman–Crippen MR) is 132 cm³/mol. The second-order valence-corrected chi connectivity index (χ2v) is 8.93. The van der Waals surface area contributed by atoms with Crippen LogP contribution in [0.2, 0.25) is 0 Å². The summed E-state index contributed by atoms with van der Waals surface area (Å²) < 4.78 is 10.7. The minimum absolute atomic E-state index is 0.0139. The molecule has 3 aromatic rings. The first kappa shape index (κ1) is 24.4. The van der Waals surface area contributed by atoms with Crippen LogP contribution in [0.3, 0.4) is 0 Å². The Morgan fingerprint density at radius 3 is 2.12 bits per heavy atom. The lowest BCUT2D eigenvalue weighted by molar-refractivity contribution is -0.160. The molecule has 3 rings (SSSR count). The number of aromatic nitrogens is 2. The molecule has 6 nitrogen and oxygen atoms in total. The number of hydrogen-bond donors (Lipinski definition) is 0. The average Bonchev–Trinajstić information content (AvgIpc) is 2.81. The second-order valence-electron chi connectivity index (χ2n) is 8.93. The molecule has 0 radical (unpaired) electrons. The van der Waals surface area contributed by atoms with Gasteiger partial charge in [0.25, 0.3) is 0 Å². The van der Waals surface area contributed by atoms with E-state index in [1.54, 1.807) is 0 Å². The number of carbonyl (C=O) groups is 1. The molecular formula is C27H33N3O3. The topological polar surface area (TPSA) is 64.5 Å². The van der Waals surface area contributed by atoms with Crippen LogP contribution in [0.4, 0.5) is 5.82 Å². The fraction of sp³-hybridized carbons (Fsp3) is 0.370. The second kappa shape index (κ2) is 11.6. The molecule has 0 saturated carbocycles. The van der Waals surface area contributed by atoms with E-state index in [2.05, 4.69) is 29.2 Å². The minimum atomic E-state index is -0.487. The van der Waals surface area contributed by atoms with Gasteiger partial charge in [0.05, 0.1) is 17.6 Å². The van der Waals surface area contributed by atoms with E-state index in [4.69, 9.17) is 19.4 Å². The van der Waals surface area contributed by atoms with Crippen molar-refractivity contribution in [1.82, 2.24) is 9.97 Å². The number of hydrogen-bond acceptors (Lipinski definition) is 6. The molecule has 0 N–H and O–H groups in total. The molecule has 33 heavy (non-hydrogen) atoms. The van der Waals surface area contributed by atoms with E-state index < -0.39 is 5.60 Å². The van der Waals surface area contributed by atoms with E-state index in [1.165, 1.54) is 0 Å². The molecule has 0 atom stereocenters. The third-order valence-corrected chi connectivity index (χ3v) is 4.92. The lowest BCUT2D eigenvalue weighted by Gasteiger charge is -2.20. The lowest BCUT2D eigenvalue weighted by Crippen LogP contribution is -2.26. The maximum Gasteiger partial charge on any atom is 0.332 e. The van der Waals surface area contributed by atoms with Crippen LogP contribution in [-0.4, -0.2) is 48.3 Å². The number of ether oxygens (including phenoxy) is 2. The number of esters is 1. The molecule has 1 aromatic heterocycles. The molecule has 0 amide bonds. The summed E-state index contributed by atoms with van der Waals surface area (Å²) >= 11 is 0. The first-order valence-corrected chi connectivity index (χ1v) is 11.3. The van der Waals surface area contributed by atoms with E-state index >= 15 is 0 Å². The Hall–Kier alpha value is -3.25. The molecule has 0 unspecified atom stereocenters. The van der Waals surface area contributed by atoms with E-state index in [0.717, 1.165) is 47.7 Å². The summed E-state index contributed by atoms with van der Waals surface area (Å²) in [4.78, 5) is 23.5. The van der Waals surface area contributed by atoms with Gasteiger partial charge in [0.2, 0.25) is 0 Å². The van der Waals surface area contributed by atoms with Gasteiger partial charge in [-0.05, 0) is 33.6 Å². The van der Waals surface area contributed by atoms with Gasteiger partial charge in [-0.2, -0.15) is 0 Å². The highest BCUT2D eigenvalue weighted by Crippen LogP contribution is 2.30. The zero-order valence-electron chi connectivity index (χ0n) is 20.0. The van der Waals surface area contributed by atoms with Gasteiger partial charge in [-0.15, -0.1) is 0 Å². The monoisotopic (exact) mass is 447 g/mol. The van der Waals surface area contributed by atoms with Crippen LogP contribution in [0.5, 0.6) is 0 Å². The number of unbranched alkanes of at least 4 members (excludes halogenated alkanes) is 1. The standard InChI is InChI=1S/C27H33N3O3/c1-27(2,3)33-24(31)20-32-18-12-11-17-30(4)23-19-28-25(21-13-7-5-8-14-21)26(29-23)22-15-9-6-10-16-22/h5-10,13-16,19H,11-12,17-18,20H2,1-4H3. The summed E-state index contributed by atoms with van der Waals surface area (Å²) in [5.41, 5.74) is 3.33. The van der Waals surface area contributed by atoms with Crippen molar-refractivity contribution in [3.63, 3.8) is 0 Å². The van der Waals surface area contributed by atoms with Gasteiger partial charge in [0.1, 0.15) is 18.0 Å². The summed E-state index contributed by atoms with van der Waals surface area (Å²) in [6, 6.07) is 20.3. The van der Waals surface area contributed by atoms with Crippen LogP contribution in [0.15, 0.2) is 66.9 Å². The number of carbonyl (C=O) groups excluding carboxylic acids is 1. The van der Waals surface area contributed by atoms with Crippen molar-refractivity contribution in [2.45, 2.75) is 39.2 Å². The normalized spacial score (nSPS) is 11.3. The third kappa shape index (κ3) is 7.68. The Kier molecular flexibility index (Phi) is 8.55. The quantitative estimate of drug-likeness (QED) is 0.307. The molecule has 6 heteroatoms. The maximum absolute atomic E-state index is 11.7. The lowest BCUT2D eigenvalue weighted by atomic mass is 10.0. The van der Waals surface area contributed by atoms with Crippen molar-refractivity contribution in [3.8, 4) is 22.5 Å². The maximum atomic E-state index is 11.7. The SMILES string of the molecule is CN(CCCCOCC(=O)OC(C)(C)C)c1cnc(-c2ccccc2)c(-c2ccccc2)n1. The third-order valence-electron chi connectivity index (χ3n) is 4.92. The van der Waals surface area contributed by atoms with Crippen LogP contribution >= 0.6 is 0 Å². The molecule has 0 aliphatic heterocycles. The van der Waals surface area contributed by atoms with Crippen LogP contribution in [0, 0.1) is 0 Å². The van der Waals surface area contributed by atoms with E-state index in [-0.39, 0.29) is 12.6 Å². The molecule has 0 fully saturated rings. The first-order chi connectivity index (χ1) is 15.8. The van der Waals surface area contributed by atoms with Crippen molar-refractivity contribution in [2.24, 2.45) is 0 Å². The van der Waals surface area contributed by atoms with Gasteiger partial charge in [-0.3, -0.25) is 4.98 Å². The molecular weight excluding hydrogens is 414 g/mol. The molecule has 2 aromatic carbocycles. The summed E-state index contributed by atoms with van der Waals surface area (Å²) in [5, 5.41) is 0. The van der Waals surface area contributed by atoms with Crippen LogP contribution in [0.25, 0.3) is 22.5 Å². The fourth-order valence-electron chi connectivity index (χ4n) is 3.36. The largest absolute Gasteiger partial charge is 0.458 e. The molecule has 0 saturated heterocycles. The Labute approximate surface area is 196 Å². The fourth-order valence-corrected chi connectivity index (χ4v) is 3.36. The molecule has 0 aliphatic carbocycles. The van der Waals surface area contributed by atoms with Crippen LogP contribution in [-0.2, 0) is 14.3 Å². The molecule has 0 aliphatic rings. The molecule has 174 valence electrons.